The highest BCUT2D eigenvalue weighted by molar-refractivity contribution is 6.03. The molecule has 1 saturated heterocycles. The average Bonchev–Trinajstić information content (AvgIpc) is 2.95. The summed E-state index contributed by atoms with van der Waals surface area (Å²) in [5.41, 5.74) is 1.69. The van der Waals surface area contributed by atoms with Crippen molar-refractivity contribution >= 4 is 23.2 Å². The average molecular weight is 299 g/mol. The minimum absolute atomic E-state index is 0.128. The topological polar surface area (TPSA) is 80.1 Å². The van der Waals surface area contributed by atoms with Gasteiger partial charge in [0.25, 0.3) is 5.91 Å². The first-order chi connectivity index (χ1) is 10.6. The predicted octanol–water partition coefficient (Wildman–Crippen LogP) is 1.58. The number of amides is 2. The highest BCUT2D eigenvalue weighted by atomic mass is 16.2. The lowest BCUT2D eigenvalue weighted by Crippen LogP contribution is -2.35. The summed E-state index contributed by atoms with van der Waals surface area (Å²) in [5.74, 6) is -0.195. The Morgan fingerprint density at radius 2 is 2.18 bits per heavy atom. The molecule has 0 bridgehead atoms. The van der Waals surface area contributed by atoms with E-state index in [0.717, 1.165) is 25.1 Å². The second-order valence-electron chi connectivity index (χ2n) is 5.28. The van der Waals surface area contributed by atoms with Crippen LogP contribution in [0.5, 0.6) is 0 Å². The zero-order valence-electron chi connectivity index (χ0n) is 12.3. The van der Waals surface area contributed by atoms with Gasteiger partial charge in [-0.05, 0) is 31.0 Å². The molecule has 22 heavy (non-hydrogen) atoms. The van der Waals surface area contributed by atoms with E-state index in [-0.39, 0.29) is 17.5 Å². The highest BCUT2D eigenvalue weighted by Gasteiger charge is 2.20. The third-order valence-corrected chi connectivity index (χ3v) is 3.57. The molecule has 1 aromatic carbocycles. The first-order valence-electron chi connectivity index (χ1n) is 7.21. The molecule has 0 spiro atoms. The summed E-state index contributed by atoms with van der Waals surface area (Å²) < 4.78 is 1.47. The van der Waals surface area contributed by atoms with Crippen LogP contribution in [0.4, 0.5) is 11.4 Å². The molecule has 0 saturated carbocycles. The second kappa shape index (κ2) is 5.97. The van der Waals surface area contributed by atoms with Gasteiger partial charge in [-0.25, -0.2) is 0 Å². The summed E-state index contributed by atoms with van der Waals surface area (Å²) in [7, 11) is 1.70. The molecular formula is C15H17N5O2. The van der Waals surface area contributed by atoms with Crippen molar-refractivity contribution in [3.8, 4) is 0 Å². The van der Waals surface area contributed by atoms with Crippen LogP contribution in [0.25, 0.3) is 0 Å². The number of rotatable bonds is 3. The van der Waals surface area contributed by atoms with Crippen LogP contribution in [0.2, 0.25) is 0 Å². The van der Waals surface area contributed by atoms with Gasteiger partial charge in [-0.2, -0.15) is 0 Å². The molecule has 0 unspecified atom stereocenters. The summed E-state index contributed by atoms with van der Waals surface area (Å²) in [6.07, 6.45) is 4.07. The van der Waals surface area contributed by atoms with Crippen LogP contribution in [0.15, 0.2) is 30.5 Å². The molecule has 2 aromatic rings. The van der Waals surface area contributed by atoms with Gasteiger partial charge in [0, 0.05) is 31.4 Å². The molecular weight excluding hydrogens is 282 g/mol. The van der Waals surface area contributed by atoms with Crippen molar-refractivity contribution in [1.82, 2.24) is 15.0 Å². The first kappa shape index (κ1) is 14.2. The lowest BCUT2D eigenvalue weighted by Gasteiger charge is -2.27. The third-order valence-electron chi connectivity index (χ3n) is 3.57. The van der Waals surface area contributed by atoms with Gasteiger partial charge in [-0.15, -0.1) is 5.10 Å². The largest absolute Gasteiger partial charge is 0.320 e. The van der Waals surface area contributed by atoms with Gasteiger partial charge in [-0.1, -0.05) is 11.3 Å². The molecule has 1 N–H and O–H groups in total. The lowest BCUT2D eigenvalue weighted by molar-refractivity contribution is -0.119. The fourth-order valence-corrected chi connectivity index (χ4v) is 2.48. The summed E-state index contributed by atoms with van der Waals surface area (Å²) in [5, 5.41) is 10.3. The Labute approximate surface area is 127 Å². The van der Waals surface area contributed by atoms with E-state index < -0.39 is 0 Å². The molecule has 114 valence electrons. The molecule has 2 amide bonds. The van der Waals surface area contributed by atoms with E-state index in [1.54, 1.807) is 30.3 Å². The minimum atomic E-state index is -0.324. The number of aryl methyl sites for hydroxylation is 1. The number of benzene rings is 1. The number of hydrogen-bond donors (Lipinski definition) is 1. The minimum Gasteiger partial charge on any atom is -0.320 e. The van der Waals surface area contributed by atoms with E-state index in [1.807, 2.05) is 12.1 Å². The maximum atomic E-state index is 12.1. The van der Waals surface area contributed by atoms with Crippen LogP contribution in [0.3, 0.4) is 0 Å². The molecule has 0 aliphatic carbocycles. The molecule has 2 heterocycles. The number of nitrogens with zero attached hydrogens (tertiary/aromatic N) is 4. The van der Waals surface area contributed by atoms with Crippen molar-refractivity contribution in [3.63, 3.8) is 0 Å². The maximum absolute atomic E-state index is 12.1. The number of nitrogens with one attached hydrogen (secondary N) is 1. The van der Waals surface area contributed by atoms with Crippen LogP contribution in [0, 0.1) is 0 Å². The van der Waals surface area contributed by atoms with Crippen LogP contribution in [-0.2, 0) is 11.8 Å². The molecule has 0 atom stereocenters. The van der Waals surface area contributed by atoms with E-state index in [1.165, 1.54) is 4.68 Å². The number of hydrogen-bond acceptors (Lipinski definition) is 4. The van der Waals surface area contributed by atoms with Gasteiger partial charge in [0.2, 0.25) is 5.91 Å². The van der Waals surface area contributed by atoms with E-state index in [0.29, 0.717) is 12.1 Å². The molecule has 3 rings (SSSR count). The first-order valence-corrected chi connectivity index (χ1v) is 7.21. The number of piperidine rings is 1. The van der Waals surface area contributed by atoms with Crippen molar-refractivity contribution < 1.29 is 9.59 Å². The van der Waals surface area contributed by atoms with Gasteiger partial charge in [-0.3, -0.25) is 14.3 Å². The highest BCUT2D eigenvalue weighted by Crippen LogP contribution is 2.24. The molecule has 7 heteroatoms. The SMILES string of the molecule is Cn1cc(C(=O)Nc2cccc(N3CCCCC3=O)c2)nn1. The molecule has 1 aliphatic rings. The Kier molecular flexibility index (Phi) is 3.86. The molecule has 1 aromatic heterocycles. The Balaban J connectivity index is 1.76. The molecule has 7 nitrogen and oxygen atoms in total. The van der Waals surface area contributed by atoms with E-state index in [4.69, 9.17) is 0 Å². The molecule has 0 radical (unpaired) electrons. The monoisotopic (exact) mass is 299 g/mol. The van der Waals surface area contributed by atoms with Crippen molar-refractivity contribution in [1.29, 1.82) is 0 Å². The van der Waals surface area contributed by atoms with E-state index in [2.05, 4.69) is 15.6 Å². The Hall–Kier alpha value is -2.70. The zero-order valence-corrected chi connectivity index (χ0v) is 12.3. The fourth-order valence-electron chi connectivity index (χ4n) is 2.48. The standard InChI is InChI=1S/C15H17N5O2/c1-19-10-13(17-18-19)15(22)16-11-5-4-6-12(9-11)20-8-3-2-7-14(20)21/h4-6,9-10H,2-3,7-8H2,1H3,(H,16,22). The Morgan fingerprint density at radius 1 is 1.32 bits per heavy atom. The van der Waals surface area contributed by atoms with E-state index >= 15 is 0 Å². The zero-order chi connectivity index (χ0) is 15.5. The van der Waals surface area contributed by atoms with Gasteiger partial charge < -0.3 is 10.2 Å². The second-order valence-corrected chi connectivity index (χ2v) is 5.28. The Bertz CT molecular complexity index is 709. The van der Waals surface area contributed by atoms with Crippen LogP contribution >= 0.6 is 0 Å². The lowest BCUT2D eigenvalue weighted by atomic mass is 10.1. The van der Waals surface area contributed by atoms with Crippen molar-refractivity contribution in [3.05, 3.63) is 36.2 Å². The fraction of sp³-hybridized carbons (Fsp3) is 0.333. The number of carbonyl (C=O) groups is 2. The third kappa shape index (κ3) is 2.98. The van der Waals surface area contributed by atoms with Gasteiger partial charge >= 0.3 is 0 Å². The normalized spacial score (nSPS) is 15.0. The van der Waals surface area contributed by atoms with Gasteiger partial charge in [0.1, 0.15) is 0 Å². The van der Waals surface area contributed by atoms with Crippen molar-refractivity contribution in [2.24, 2.45) is 7.05 Å². The smallest absolute Gasteiger partial charge is 0.277 e. The molecule has 1 aliphatic heterocycles. The van der Waals surface area contributed by atoms with Crippen LogP contribution in [-0.4, -0.2) is 33.4 Å². The van der Waals surface area contributed by atoms with Gasteiger partial charge in [0.15, 0.2) is 5.69 Å². The maximum Gasteiger partial charge on any atom is 0.277 e. The number of anilines is 2. The van der Waals surface area contributed by atoms with Crippen LogP contribution < -0.4 is 10.2 Å². The number of carbonyl (C=O) groups excluding carboxylic acids is 2. The van der Waals surface area contributed by atoms with E-state index in [9.17, 15) is 9.59 Å². The number of aromatic nitrogens is 3. The summed E-state index contributed by atoms with van der Waals surface area (Å²) in [6, 6.07) is 7.29. The molecule has 1 fully saturated rings. The summed E-state index contributed by atoms with van der Waals surface area (Å²) in [6.45, 7) is 0.723. The quantitative estimate of drug-likeness (QED) is 0.933. The van der Waals surface area contributed by atoms with Crippen molar-refractivity contribution in [2.45, 2.75) is 19.3 Å². The summed E-state index contributed by atoms with van der Waals surface area (Å²) in [4.78, 5) is 25.8. The van der Waals surface area contributed by atoms with Crippen LogP contribution in [0.1, 0.15) is 29.8 Å². The van der Waals surface area contributed by atoms with Gasteiger partial charge in [0.05, 0.1) is 6.20 Å². The predicted molar refractivity (Wildman–Crippen MR) is 81.6 cm³/mol. The summed E-state index contributed by atoms with van der Waals surface area (Å²) >= 11 is 0. The van der Waals surface area contributed by atoms with Crippen molar-refractivity contribution in [2.75, 3.05) is 16.8 Å². The Morgan fingerprint density at radius 3 is 2.91 bits per heavy atom.